The fourth-order valence-electron chi connectivity index (χ4n) is 3.13. The van der Waals surface area contributed by atoms with Gasteiger partial charge in [-0.1, -0.05) is 26.2 Å². The van der Waals surface area contributed by atoms with Crippen molar-refractivity contribution < 1.29 is 0 Å². The quantitative estimate of drug-likeness (QED) is 0.721. The highest BCUT2D eigenvalue weighted by atomic mass is 15.2. The summed E-state index contributed by atoms with van der Waals surface area (Å²) in [4.78, 5) is 4.91. The van der Waals surface area contributed by atoms with Crippen molar-refractivity contribution in [3.8, 4) is 0 Å². The maximum Gasteiger partial charge on any atom is 0.0109 e. The molecule has 1 rings (SSSR count). The molecule has 0 amide bonds. The van der Waals surface area contributed by atoms with Gasteiger partial charge < -0.3 is 15.5 Å². The minimum Gasteiger partial charge on any atom is -0.330 e. The summed E-state index contributed by atoms with van der Waals surface area (Å²) in [7, 11) is 4.31. The first-order chi connectivity index (χ1) is 8.62. The first-order valence-corrected chi connectivity index (χ1v) is 7.69. The lowest BCUT2D eigenvalue weighted by molar-refractivity contribution is 0.106. The Morgan fingerprint density at radius 3 is 2.17 bits per heavy atom. The molecule has 3 nitrogen and oxygen atoms in total. The van der Waals surface area contributed by atoms with E-state index in [2.05, 4.69) is 30.8 Å². The standard InChI is InChI=1S/C15H33N3/c1-4-10-18(12-11-17(2)3)14-15(13-16)8-6-5-7-9-15/h4-14,16H2,1-3H3. The van der Waals surface area contributed by atoms with Gasteiger partial charge in [0.25, 0.3) is 0 Å². The molecule has 1 fully saturated rings. The average Bonchev–Trinajstić information content (AvgIpc) is 2.37. The molecule has 108 valence electrons. The van der Waals surface area contributed by atoms with E-state index in [0.717, 1.165) is 13.1 Å². The molecular weight excluding hydrogens is 222 g/mol. The third kappa shape index (κ3) is 5.25. The molecule has 0 aromatic carbocycles. The van der Waals surface area contributed by atoms with E-state index < -0.39 is 0 Å². The molecule has 0 unspecified atom stereocenters. The average molecular weight is 255 g/mol. The van der Waals surface area contributed by atoms with Gasteiger partial charge in [0.1, 0.15) is 0 Å². The highest BCUT2D eigenvalue weighted by Crippen LogP contribution is 2.36. The molecule has 0 aliphatic heterocycles. The molecule has 0 radical (unpaired) electrons. The summed E-state index contributed by atoms with van der Waals surface area (Å²) in [5, 5.41) is 0. The van der Waals surface area contributed by atoms with Crippen molar-refractivity contribution in [3.63, 3.8) is 0 Å². The lowest BCUT2D eigenvalue weighted by Crippen LogP contribution is -2.45. The molecule has 0 atom stereocenters. The van der Waals surface area contributed by atoms with Gasteiger partial charge in [-0.25, -0.2) is 0 Å². The number of rotatable bonds is 8. The van der Waals surface area contributed by atoms with E-state index in [0.29, 0.717) is 5.41 Å². The van der Waals surface area contributed by atoms with E-state index in [9.17, 15) is 0 Å². The van der Waals surface area contributed by atoms with Crippen LogP contribution in [0.4, 0.5) is 0 Å². The zero-order chi connectivity index (χ0) is 13.4. The summed E-state index contributed by atoms with van der Waals surface area (Å²) >= 11 is 0. The Bertz CT molecular complexity index is 210. The van der Waals surface area contributed by atoms with Crippen LogP contribution in [-0.2, 0) is 0 Å². The van der Waals surface area contributed by atoms with Crippen molar-refractivity contribution in [2.24, 2.45) is 11.1 Å². The van der Waals surface area contributed by atoms with Crippen LogP contribution in [0.2, 0.25) is 0 Å². The van der Waals surface area contributed by atoms with Gasteiger partial charge in [-0.05, 0) is 51.9 Å². The SMILES string of the molecule is CCCN(CCN(C)C)CC1(CN)CCCCC1. The fraction of sp³-hybridized carbons (Fsp3) is 1.00. The van der Waals surface area contributed by atoms with Crippen LogP contribution < -0.4 is 5.73 Å². The van der Waals surface area contributed by atoms with E-state index in [1.807, 2.05) is 0 Å². The van der Waals surface area contributed by atoms with Gasteiger partial charge >= 0.3 is 0 Å². The Hall–Kier alpha value is -0.120. The van der Waals surface area contributed by atoms with Crippen molar-refractivity contribution in [1.82, 2.24) is 9.80 Å². The lowest BCUT2D eigenvalue weighted by Gasteiger charge is -2.40. The molecule has 0 saturated heterocycles. The minimum atomic E-state index is 0.416. The monoisotopic (exact) mass is 255 g/mol. The molecule has 0 aromatic rings. The molecular formula is C15H33N3. The molecule has 0 bridgehead atoms. The maximum atomic E-state index is 6.10. The molecule has 18 heavy (non-hydrogen) atoms. The van der Waals surface area contributed by atoms with Crippen molar-refractivity contribution in [1.29, 1.82) is 0 Å². The highest BCUT2D eigenvalue weighted by molar-refractivity contribution is 4.87. The predicted octanol–water partition coefficient (Wildman–Crippen LogP) is 2.17. The number of likely N-dealkylation sites (N-methyl/N-ethyl adjacent to an activating group) is 1. The van der Waals surface area contributed by atoms with Crippen LogP contribution in [0, 0.1) is 5.41 Å². The van der Waals surface area contributed by atoms with Crippen molar-refractivity contribution >= 4 is 0 Å². The second-order valence-corrected chi connectivity index (χ2v) is 6.34. The Morgan fingerprint density at radius 2 is 1.67 bits per heavy atom. The summed E-state index contributed by atoms with van der Waals surface area (Å²) in [6, 6.07) is 0. The third-order valence-corrected chi connectivity index (χ3v) is 4.31. The van der Waals surface area contributed by atoms with Gasteiger partial charge in [0.2, 0.25) is 0 Å². The summed E-state index contributed by atoms with van der Waals surface area (Å²) in [6.07, 6.45) is 8.09. The Morgan fingerprint density at radius 1 is 1.00 bits per heavy atom. The second kappa shape index (κ2) is 8.13. The third-order valence-electron chi connectivity index (χ3n) is 4.31. The van der Waals surface area contributed by atoms with Crippen LogP contribution in [0.1, 0.15) is 45.4 Å². The Balaban J connectivity index is 2.50. The number of nitrogens with zero attached hydrogens (tertiary/aromatic N) is 2. The van der Waals surface area contributed by atoms with E-state index >= 15 is 0 Å². The first-order valence-electron chi connectivity index (χ1n) is 7.69. The second-order valence-electron chi connectivity index (χ2n) is 6.34. The zero-order valence-electron chi connectivity index (χ0n) is 12.7. The number of nitrogens with two attached hydrogens (primary N) is 1. The van der Waals surface area contributed by atoms with Gasteiger partial charge in [-0.15, -0.1) is 0 Å². The molecule has 0 aromatic heterocycles. The van der Waals surface area contributed by atoms with Gasteiger partial charge in [0.15, 0.2) is 0 Å². The van der Waals surface area contributed by atoms with Crippen LogP contribution in [0.3, 0.4) is 0 Å². The summed E-state index contributed by atoms with van der Waals surface area (Å²) in [5.74, 6) is 0. The molecule has 0 heterocycles. The topological polar surface area (TPSA) is 32.5 Å². The first kappa shape index (κ1) is 15.9. The molecule has 1 aliphatic carbocycles. The Kier molecular flexibility index (Phi) is 7.20. The van der Waals surface area contributed by atoms with Gasteiger partial charge in [-0.3, -0.25) is 0 Å². The van der Waals surface area contributed by atoms with Crippen LogP contribution in [-0.4, -0.2) is 56.6 Å². The fourth-order valence-corrected chi connectivity index (χ4v) is 3.13. The zero-order valence-corrected chi connectivity index (χ0v) is 12.7. The van der Waals surface area contributed by atoms with Crippen molar-refractivity contribution in [3.05, 3.63) is 0 Å². The van der Waals surface area contributed by atoms with Gasteiger partial charge in [0, 0.05) is 19.6 Å². The summed E-state index contributed by atoms with van der Waals surface area (Å²) in [6.45, 7) is 7.91. The number of hydrogen-bond acceptors (Lipinski definition) is 3. The normalized spacial score (nSPS) is 19.7. The molecule has 1 aliphatic rings. The van der Waals surface area contributed by atoms with E-state index in [1.165, 1.54) is 58.2 Å². The summed E-state index contributed by atoms with van der Waals surface area (Å²) < 4.78 is 0. The molecule has 0 spiro atoms. The van der Waals surface area contributed by atoms with E-state index in [-0.39, 0.29) is 0 Å². The summed E-state index contributed by atoms with van der Waals surface area (Å²) in [5.41, 5.74) is 6.52. The van der Waals surface area contributed by atoms with Crippen LogP contribution >= 0.6 is 0 Å². The highest BCUT2D eigenvalue weighted by Gasteiger charge is 2.32. The van der Waals surface area contributed by atoms with Crippen LogP contribution in [0.5, 0.6) is 0 Å². The number of hydrogen-bond donors (Lipinski definition) is 1. The smallest absolute Gasteiger partial charge is 0.0109 e. The lowest BCUT2D eigenvalue weighted by atomic mass is 9.73. The van der Waals surface area contributed by atoms with Crippen molar-refractivity contribution in [2.45, 2.75) is 45.4 Å². The van der Waals surface area contributed by atoms with Crippen molar-refractivity contribution in [2.75, 3.05) is 46.8 Å². The van der Waals surface area contributed by atoms with Gasteiger partial charge in [0.05, 0.1) is 0 Å². The minimum absolute atomic E-state index is 0.416. The van der Waals surface area contributed by atoms with Gasteiger partial charge in [-0.2, -0.15) is 0 Å². The Labute approximate surface area is 114 Å². The van der Waals surface area contributed by atoms with E-state index in [1.54, 1.807) is 0 Å². The molecule has 1 saturated carbocycles. The predicted molar refractivity (Wildman–Crippen MR) is 79.9 cm³/mol. The van der Waals surface area contributed by atoms with Crippen LogP contribution in [0.15, 0.2) is 0 Å². The molecule has 2 N–H and O–H groups in total. The van der Waals surface area contributed by atoms with E-state index in [4.69, 9.17) is 5.73 Å². The maximum absolute atomic E-state index is 6.10. The largest absolute Gasteiger partial charge is 0.330 e. The van der Waals surface area contributed by atoms with Crippen LogP contribution in [0.25, 0.3) is 0 Å². The molecule has 3 heteroatoms.